The van der Waals surface area contributed by atoms with Gasteiger partial charge in [0.15, 0.2) is 0 Å². The maximum absolute atomic E-state index is 10.8. The van der Waals surface area contributed by atoms with Crippen molar-refractivity contribution in [3.8, 4) is 0 Å². The zero-order chi connectivity index (χ0) is 13.4. The molecule has 5 heteroatoms. The van der Waals surface area contributed by atoms with E-state index in [4.69, 9.17) is 10.2 Å². The molecule has 1 rings (SSSR count). The maximum Gasteiger partial charge on any atom is 0.330 e. The van der Waals surface area contributed by atoms with Crippen LogP contribution in [0.5, 0.6) is 0 Å². The molecule has 1 fully saturated rings. The smallest absolute Gasteiger partial charge is 0.330 e. The third kappa shape index (κ3) is 5.36. The molecule has 1 aliphatic heterocycles. The Bertz CT molecular complexity index is 391. The summed E-state index contributed by atoms with van der Waals surface area (Å²) in [5.41, 5.74) is 0.650. The summed E-state index contributed by atoms with van der Waals surface area (Å²) in [5, 5.41) is 20.9. The molecule has 1 saturated heterocycles. The van der Waals surface area contributed by atoms with Crippen molar-refractivity contribution in [2.24, 2.45) is 0 Å². The standard InChI is InChI=1S/C13H18N2O3/c1-11(16)4-2-3-5-12(10-13(17)18)15-8-6-14-7-9-15/h2-5,10,14,16H,1,6-9H2,(H,17,18)/b4-2+,5-3-,12-10-. The van der Waals surface area contributed by atoms with E-state index in [-0.39, 0.29) is 5.76 Å². The Hall–Kier alpha value is -2.01. The molecule has 0 aromatic heterocycles. The minimum absolute atomic E-state index is 0.0365. The lowest BCUT2D eigenvalue weighted by molar-refractivity contribution is -0.131. The molecule has 0 saturated carbocycles. The van der Waals surface area contributed by atoms with Gasteiger partial charge in [0.1, 0.15) is 5.76 Å². The number of aliphatic hydroxyl groups excluding tert-OH is 1. The Labute approximate surface area is 106 Å². The van der Waals surface area contributed by atoms with Crippen molar-refractivity contribution in [2.75, 3.05) is 26.2 Å². The van der Waals surface area contributed by atoms with E-state index in [1.54, 1.807) is 18.2 Å². The zero-order valence-electron chi connectivity index (χ0n) is 10.2. The fourth-order valence-electron chi connectivity index (χ4n) is 1.62. The van der Waals surface area contributed by atoms with Crippen LogP contribution < -0.4 is 5.32 Å². The molecule has 0 radical (unpaired) electrons. The first-order chi connectivity index (χ1) is 8.59. The number of hydrogen-bond acceptors (Lipinski definition) is 4. The van der Waals surface area contributed by atoms with Crippen LogP contribution in [0.2, 0.25) is 0 Å². The number of aliphatic carboxylic acids is 1. The highest BCUT2D eigenvalue weighted by Crippen LogP contribution is 2.08. The first kappa shape index (κ1) is 14.1. The van der Waals surface area contributed by atoms with Gasteiger partial charge in [-0.05, 0) is 12.2 Å². The van der Waals surface area contributed by atoms with Gasteiger partial charge >= 0.3 is 5.97 Å². The number of carbonyl (C=O) groups is 1. The Morgan fingerprint density at radius 3 is 2.33 bits per heavy atom. The van der Waals surface area contributed by atoms with Crippen LogP contribution in [0.1, 0.15) is 0 Å². The van der Waals surface area contributed by atoms with Gasteiger partial charge in [-0.2, -0.15) is 0 Å². The lowest BCUT2D eigenvalue weighted by Gasteiger charge is -2.30. The zero-order valence-corrected chi connectivity index (χ0v) is 10.2. The van der Waals surface area contributed by atoms with Crippen LogP contribution >= 0.6 is 0 Å². The number of piperazine rings is 1. The van der Waals surface area contributed by atoms with Crippen LogP contribution in [0, 0.1) is 0 Å². The van der Waals surface area contributed by atoms with Crippen molar-refractivity contribution in [3.05, 3.63) is 48.4 Å². The van der Waals surface area contributed by atoms with Crippen molar-refractivity contribution in [1.82, 2.24) is 10.2 Å². The van der Waals surface area contributed by atoms with E-state index in [0.717, 1.165) is 26.2 Å². The first-order valence-electron chi connectivity index (χ1n) is 5.72. The highest BCUT2D eigenvalue weighted by Gasteiger charge is 2.11. The van der Waals surface area contributed by atoms with Gasteiger partial charge < -0.3 is 20.4 Å². The van der Waals surface area contributed by atoms with Gasteiger partial charge in [0.05, 0.1) is 0 Å². The normalized spacial score (nSPS) is 17.6. The molecule has 1 aliphatic rings. The topological polar surface area (TPSA) is 72.8 Å². The molecule has 98 valence electrons. The van der Waals surface area contributed by atoms with Gasteiger partial charge in [-0.3, -0.25) is 0 Å². The number of nitrogens with zero attached hydrogens (tertiary/aromatic N) is 1. The molecule has 0 amide bonds. The number of carboxylic acids is 1. The molecule has 0 aromatic carbocycles. The summed E-state index contributed by atoms with van der Waals surface area (Å²) in [6.07, 6.45) is 7.62. The lowest BCUT2D eigenvalue weighted by Crippen LogP contribution is -2.42. The van der Waals surface area contributed by atoms with Gasteiger partial charge in [-0.1, -0.05) is 18.7 Å². The fraction of sp³-hybridized carbons (Fsp3) is 0.308. The van der Waals surface area contributed by atoms with E-state index < -0.39 is 5.97 Å². The third-order valence-corrected chi connectivity index (χ3v) is 2.42. The summed E-state index contributed by atoms with van der Waals surface area (Å²) >= 11 is 0. The van der Waals surface area contributed by atoms with Crippen LogP contribution in [-0.4, -0.2) is 47.3 Å². The molecule has 1 heterocycles. The Kier molecular flexibility index (Phi) is 5.73. The van der Waals surface area contributed by atoms with Crippen molar-refractivity contribution < 1.29 is 15.0 Å². The van der Waals surface area contributed by atoms with Gasteiger partial charge in [-0.15, -0.1) is 0 Å². The Morgan fingerprint density at radius 2 is 1.78 bits per heavy atom. The summed E-state index contributed by atoms with van der Waals surface area (Å²) in [5.74, 6) is -1.01. The second kappa shape index (κ2) is 7.34. The Balaban J connectivity index is 2.72. The quantitative estimate of drug-likeness (QED) is 0.386. The van der Waals surface area contributed by atoms with E-state index in [2.05, 4.69) is 11.9 Å². The van der Waals surface area contributed by atoms with E-state index in [1.165, 1.54) is 12.2 Å². The second-order valence-electron chi connectivity index (χ2n) is 3.85. The highest BCUT2D eigenvalue weighted by atomic mass is 16.4. The number of allylic oxidation sites excluding steroid dienone is 4. The number of hydrogen-bond donors (Lipinski definition) is 3. The van der Waals surface area contributed by atoms with Gasteiger partial charge in [-0.25, -0.2) is 4.79 Å². The summed E-state index contributed by atoms with van der Waals surface area (Å²) < 4.78 is 0. The van der Waals surface area contributed by atoms with Crippen molar-refractivity contribution in [2.45, 2.75) is 0 Å². The van der Waals surface area contributed by atoms with Crippen LogP contribution in [0.15, 0.2) is 48.4 Å². The van der Waals surface area contributed by atoms with Gasteiger partial charge in [0, 0.05) is 38.0 Å². The molecular weight excluding hydrogens is 232 g/mol. The molecule has 18 heavy (non-hydrogen) atoms. The van der Waals surface area contributed by atoms with Crippen molar-refractivity contribution >= 4 is 5.97 Å². The third-order valence-electron chi connectivity index (χ3n) is 2.42. The highest BCUT2D eigenvalue weighted by molar-refractivity contribution is 5.81. The average Bonchev–Trinajstić information content (AvgIpc) is 2.33. The van der Waals surface area contributed by atoms with Gasteiger partial charge in [0.2, 0.25) is 0 Å². The summed E-state index contributed by atoms with van der Waals surface area (Å²) in [6, 6.07) is 0. The summed E-state index contributed by atoms with van der Waals surface area (Å²) in [7, 11) is 0. The molecule has 3 N–H and O–H groups in total. The minimum Gasteiger partial charge on any atom is -0.509 e. The number of nitrogens with one attached hydrogen (secondary N) is 1. The minimum atomic E-state index is -0.969. The Morgan fingerprint density at radius 1 is 1.17 bits per heavy atom. The molecule has 0 unspecified atom stereocenters. The fourth-order valence-corrected chi connectivity index (χ4v) is 1.62. The van der Waals surface area contributed by atoms with Crippen LogP contribution in [0.4, 0.5) is 0 Å². The molecule has 0 aliphatic carbocycles. The van der Waals surface area contributed by atoms with Crippen LogP contribution in [0.25, 0.3) is 0 Å². The van der Waals surface area contributed by atoms with Crippen LogP contribution in [0.3, 0.4) is 0 Å². The molecule has 0 atom stereocenters. The lowest BCUT2D eigenvalue weighted by atomic mass is 10.2. The first-order valence-corrected chi connectivity index (χ1v) is 5.72. The van der Waals surface area contributed by atoms with E-state index in [9.17, 15) is 4.79 Å². The average molecular weight is 250 g/mol. The second-order valence-corrected chi connectivity index (χ2v) is 3.85. The number of aliphatic hydroxyl groups is 1. The van der Waals surface area contributed by atoms with E-state index in [1.807, 2.05) is 4.90 Å². The monoisotopic (exact) mass is 250 g/mol. The summed E-state index contributed by atoms with van der Waals surface area (Å²) in [6.45, 7) is 6.56. The predicted octanol–water partition coefficient (Wildman–Crippen LogP) is 1.04. The van der Waals surface area contributed by atoms with E-state index in [0.29, 0.717) is 5.70 Å². The van der Waals surface area contributed by atoms with E-state index >= 15 is 0 Å². The van der Waals surface area contributed by atoms with Gasteiger partial charge in [0.25, 0.3) is 0 Å². The predicted molar refractivity (Wildman–Crippen MR) is 70.2 cm³/mol. The van der Waals surface area contributed by atoms with Crippen molar-refractivity contribution in [1.29, 1.82) is 0 Å². The molecular formula is C13H18N2O3. The molecule has 0 bridgehead atoms. The van der Waals surface area contributed by atoms with Crippen molar-refractivity contribution in [3.63, 3.8) is 0 Å². The summed E-state index contributed by atoms with van der Waals surface area (Å²) in [4.78, 5) is 12.8. The molecule has 5 nitrogen and oxygen atoms in total. The maximum atomic E-state index is 10.8. The largest absolute Gasteiger partial charge is 0.509 e. The number of rotatable bonds is 5. The molecule has 0 spiro atoms. The van der Waals surface area contributed by atoms with Crippen LogP contribution in [-0.2, 0) is 4.79 Å². The molecule has 0 aromatic rings. The number of carboxylic acid groups (broad SMARTS) is 1. The SMILES string of the molecule is C=C(O)/C=C/C=C\C(=C\C(=O)O)N1CCNCC1.